The van der Waals surface area contributed by atoms with Gasteiger partial charge in [0.2, 0.25) is 5.91 Å². The minimum Gasteiger partial charge on any atom is -0.352 e. The number of amides is 1. The van der Waals surface area contributed by atoms with Crippen molar-refractivity contribution in [2.45, 2.75) is 44.7 Å². The van der Waals surface area contributed by atoms with Crippen LogP contribution in [0, 0.1) is 5.92 Å². The topological polar surface area (TPSA) is 55.1 Å². The van der Waals surface area contributed by atoms with E-state index >= 15 is 0 Å². The van der Waals surface area contributed by atoms with Crippen molar-refractivity contribution in [2.75, 3.05) is 12.0 Å². The Labute approximate surface area is 109 Å². The number of nitrogens with one attached hydrogen (secondary N) is 1. The van der Waals surface area contributed by atoms with E-state index in [4.69, 9.17) is 5.73 Å². The summed E-state index contributed by atoms with van der Waals surface area (Å²) in [6, 6.07) is 0.0955. The van der Waals surface area contributed by atoms with Crippen LogP contribution in [0.2, 0.25) is 0 Å². The van der Waals surface area contributed by atoms with Crippen molar-refractivity contribution in [1.82, 2.24) is 5.32 Å². The number of carbonyl (C=O) groups is 1. The van der Waals surface area contributed by atoms with Gasteiger partial charge < -0.3 is 11.1 Å². The van der Waals surface area contributed by atoms with Crippen LogP contribution < -0.4 is 11.1 Å². The zero-order chi connectivity index (χ0) is 11.3. The van der Waals surface area contributed by atoms with Gasteiger partial charge in [-0.05, 0) is 37.2 Å². The highest BCUT2D eigenvalue weighted by atomic mass is 35.5. The maximum absolute atomic E-state index is 11.6. The van der Waals surface area contributed by atoms with Gasteiger partial charge in [-0.2, -0.15) is 11.8 Å². The van der Waals surface area contributed by atoms with Gasteiger partial charge in [0.25, 0.3) is 0 Å². The van der Waals surface area contributed by atoms with Crippen LogP contribution >= 0.6 is 24.2 Å². The molecule has 3 atom stereocenters. The van der Waals surface area contributed by atoms with Crippen LogP contribution in [0.4, 0.5) is 0 Å². The minimum absolute atomic E-state index is 0. The molecule has 0 saturated heterocycles. The van der Waals surface area contributed by atoms with E-state index in [9.17, 15) is 4.79 Å². The van der Waals surface area contributed by atoms with Gasteiger partial charge in [-0.3, -0.25) is 4.79 Å². The first-order chi connectivity index (χ1) is 7.19. The second-order valence-electron chi connectivity index (χ2n) is 4.29. The third-order valence-electron chi connectivity index (χ3n) is 2.88. The van der Waals surface area contributed by atoms with Crippen molar-refractivity contribution in [3.05, 3.63) is 0 Å². The number of hydrogen-bond donors (Lipinski definition) is 2. The number of hydrogen-bond acceptors (Lipinski definition) is 3. The molecule has 0 aromatic heterocycles. The third-order valence-corrected chi connectivity index (χ3v) is 3.52. The van der Waals surface area contributed by atoms with Crippen LogP contribution in [0.3, 0.4) is 0 Å². The molecule has 0 aromatic carbocycles. The predicted molar refractivity (Wildman–Crippen MR) is 73.2 cm³/mol. The standard InChI is InChI=1S/C11H22N2OS.ClH/c1-3-4-8-7-10(8)13-11(14)9(12)5-6-15-2;/h8-10H,3-7,12H2,1-2H3,(H,13,14);1H/t8?,9-,10?;/m0./s1. The van der Waals surface area contributed by atoms with E-state index < -0.39 is 0 Å². The van der Waals surface area contributed by atoms with Crippen LogP contribution in [-0.4, -0.2) is 30.0 Å². The zero-order valence-electron chi connectivity index (χ0n) is 10.1. The summed E-state index contributed by atoms with van der Waals surface area (Å²) in [7, 11) is 0. The Morgan fingerprint density at radius 1 is 1.62 bits per heavy atom. The van der Waals surface area contributed by atoms with Crippen LogP contribution in [0.15, 0.2) is 0 Å². The molecule has 0 aliphatic heterocycles. The molecule has 5 heteroatoms. The molecule has 96 valence electrons. The van der Waals surface area contributed by atoms with Gasteiger partial charge in [0.1, 0.15) is 0 Å². The molecule has 0 aromatic rings. The van der Waals surface area contributed by atoms with Crippen LogP contribution in [0.5, 0.6) is 0 Å². The molecule has 0 spiro atoms. The van der Waals surface area contributed by atoms with E-state index in [1.807, 2.05) is 6.26 Å². The maximum Gasteiger partial charge on any atom is 0.237 e. The highest BCUT2D eigenvalue weighted by Crippen LogP contribution is 2.34. The summed E-state index contributed by atoms with van der Waals surface area (Å²) in [6.07, 6.45) is 6.39. The van der Waals surface area contributed by atoms with Gasteiger partial charge in [0, 0.05) is 6.04 Å². The minimum atomic E-state index is -0.319. The molecule has 3 N–H and O–H groups in total. The average molecular weight is 267 g/mol. The molecule has 1 aliphatic carbocycles. The Morgan fingerprint density at radius 2 is 2.31 bits per heavy atom. The summed E-state index contributed by atoms with van der Waals surface area (Å²) in [5, 5.41) is 3.02. The van der Waals surface area contributed by atoms with E-state index in [0.717, 1.165) is 18.6 Å². The average Bonchev–Trinajstić information content (AvgIpc) is 2.93. The lowest BCUT2D eigenvalue weighted by Crippen LogP contribution is -2.42. The summed E-state index contributed by atoms with van der Waals surface area (Å²) in [5.74, 6) is 1.71. The largest absolute Gasteiger partial charge is 0.352 e. The van der Waals surface area contributed by atoms with Crippen LogP contribution in [0.25, 0.3) is 0 Å². The Hall–Kier alpha value is 0.0700. The van der Waals surface area contributed by atoms with E-state index in [0.29, 0.717) is 12.0 Å². The van der Waals surface area contributed by atoms with Crippen molar-refractivity contribution in [3.63, 3.8) is 0 Å². The first-order valence-corrected chi connectivity index (χ1v) is 7.13. The molecule has 1 fully saturated rings. The molecular formula is C11H23ClN2OS. The number of nitrogens with two attached hydrogens (primary N) is 1. The molecule has 16 heavy (non-hydrogen) atoms. The normalized spacial score (nSPS) is 24.4. The lowest BCUT2D eigenvalue weighted by molar-refractivity contribution is -0.122. The third kappa shape index (κ3) is 5.41. The Balaban J connectivity index is 0.00000225. The van der Waals surface area contributed by atoms with Gasteiger partial charge in [-0.15, -0.1) is 12.4 Å². The number of carbonyl (C=O) groups excluding carboxylic acids is 1. The molecule has 0 bridgehead atoms. The van der Waals surface area contributed by atoms with E-state index in [-0.39, 0.29) is 24.4 Å². The van der Waals surface area contributed by atoms with Crippen molar-refractivity contribution >= 4 is 30.1 Å². The molecule has 1 rings (SSSR count). The summed E-state index contributed by atoms with van der Waals surface area (Å²) >= 11 is 1.73. The van der Waals surface area contributed by atoms with Crippen LogP contribution in [-0.2, 0) is 4.79 Å². The van der Waals surface area contributed by atoms with E-state index in [1.165, 1.54) is 12.8 Å². The lowest BCUT2D eigenvalue weighted by atomic mass is 10.2. The summed E-state index contributed by atoms with van der Waals surface area (Å²) in [4.78, 5) is 11.6. The molecule has 2 unspecified atom stereocenters. The lowest BCUT2D eigenvalue weighted by Gasteiger charge is -2.11. The number of thioether (sulfide) groups is 1. The maximum atomic E-state index is 11.6. The van der Waals surface area contributed by atoms with E-state index in [2.05, 4.69) is 12.2 Å². The first-order valence-electron chi connectivity index (χ1n) is 5.74. The molecule has 0 heterocycles. The zero-order valence-corrected chi connectivity index (χ0v) is 11.7. The van der Waals surface area contributed by atoms with Gasteiger partial charge in [0.15, 0.2) is 0 Å². The van der Waals surface area contributed by atoms with Gasteiger partial charge in [0.05, 0.1) is 6.04 Å². The monoisotopic (exact) mass is 266 g/mol. The quantitative estimate of drug-likeness (QED) is 0.739. The van der Waals surface area contributed by atoms with Gasteiger partial charge >= 0.3 is 0 Å². The fraction of sp³-hybridized carbons (Fsp3) is 0.909. The summed E-state index contributed by atoms with van der Waals surface area (Å²) in [6.45, 7) is 2.18. The second kappa shape index (κ2) is 8.20. The van der Waals surface area contributed by atoms with E-state index in [1.54, 1.807) is 11.8 Å². The fourth-order valence-corrected chi connectivity index (χ4v) is 2.27. The van der Waals surface area contributed by atoms with Crippen molar-refractivity contribution in [1.29, 1.82) is 0 Å². The highest BCUT2D eigenvalue weighted by Gasteiger charge is 2.37. The first kappa shape index (κ1) is 16.1. The van der Waals surface area contributed by atoms with Crippen molar-refractivity contribution in [3.8, 4) is 0 Å². The molecule has 3 nitrogen and oxygen atoms in total. The fourth-order valence-electron chi connectivity index (χ4n) is 1.78. The number of halogens is 1. The highest BCUT2D eigenvalue weighted by molar-refractivity contribution is 7.98. The van der Waals surface area contributed by atoms with Crippen molar-refractivity contribution in [2.24, 2.45) is 11.7 Å². The van der Waals surface area contributed by atoms with Gasteiger partial charge in [-0.25, -0.2) is 0 Å². The SMILES string of the molecule is CCCC1CC1NC(=O)[C@@H](N)CCSC.Cl. The molecule has 0 radical (unpaired) electrons. The number of rotatable bonds is 7. The summed E-state index contributed by atoms with van der Waals surface area (Å²) < 4.78 is 0. The molecule has 1 aliphatic rings. The molecule has 1 saturated carbocycles. The molecule has 1 amide bonds. The van der Waals surface area contributed by atoms with Crippen molar-refractivity contribution < 1.29 is 4.79 Å². The predicted octanol–water partition coefficient (Wildman–Crippen LogP) is 1.79. The van der Waals surface area contributed by atoms with Crippen LogP contribution in [0.1, 0.15) is 32.6 Å². The Kier molecular flexibility index (Phi) is 8.24. The summed E-state index contributed by atoms with van der Waals surface area (Å²) in [5.41, 5.74) is 5.77. The smallest absolute Gasteiger partial charge is 0.237 e. The van der Waals surface area contributed by atoms with Gasteiger partial charge in [-0.1, -0.05) is 13.3 Å². The second-order valence-corrected chi connectivity index (χ2v) is 5.27. The molecular weight excluding hydrogens is 244 g/mol. The Bertz CT molecular complexity index is 216. The Morgan fingerprint density at radius 3 is 2.88 bits per heavy atom.